The molecular formula is C19H17Cl3N2O2. The number of rotatable bonds is 4. The van der Waals surface area contributed by atoms with Gasteiger partial charge in [-0.05, 0) is 48.2 Å². The van der Waals surface area contributed by atoms with Crippen molar-refractivity contribution in [1.82, 2.24) is 4.98 Å². The minimum atomic E-state index is -2.03. The molecule has 0 bridgehead atoms. The van der Waals surface area contributed by atoms with Crippen molar-refractivity contribution in [3.05, 3.63) is 48.0 Å². The normalized spacial score (nSPS) is 13.0. The summed E-state index contributed by atoms with van der Waals surface area (Å²) in [6, 6.07) is 13.1. The molecule has 0 fully saturated rings. The third-order valence-electron chi connectivity index (χ3n) is 4.22. The lowest BCUT2D eigenvalue weighted by atomic mass is 9.98. The Morgan fingerprint density at radius 2 is 2.00 bits per heavy atom. The molecule has 0 aliphatic heterocycles. The lowest BCUT2D eigenvalue weighted by molar-refractivity contribution is -0.115. The Bertz CT molecular complexity index is 947. The minimum absolute atomic E-state index is 0.458. The van der Waals surface area contributed by atoms with Gasteiger partial charge in [0, 0.05) is 11.3 Å². The van der Waals surface area contributed by atoms with E-state index in [-0.39, 0.29) is 0 Å². The predicted molar refractivity (Wildman–Crippen MR) is 107 cm³/mol. The summed E-state index contributed by atoms with van der Waals surface area (Å²) in [5.74, 6) is 0.196. The fraction of sp³-hybridized carbons (Fsp3) is 0.263. The number of carbonyl (C=O) groups is 1. The van der Waals surface area contributed by atoms with Crippen molar-refractivity contribution >= 4 is 57.5 Å². The third kappa shape index (κ3) is 4.14. The zero-order valence-electron chi connectivity index (χ0n) is 14.2. The zero-order chi connectivity index (χ0) is 18.9. The average molecular weight is 412 g/mol. The monoisotopic (exact) mass is 410 g/mol. The predicted octanol–water partition coefficient (Wildman–Crippen LogP) is 6.32. The van der Waals surface area contributed by atoms with Crippen LogP contribution >= 0.6 is 34.8 Å². The Kier molecular flexibility index (Phi) is 5.47. The van der Waals surface area contributed by atoms with Crippen LogP contribution in [0.3, 0.4) is 0 Å². The van der Waals surface area contributed by atoms with E-state index in [1.165, 1.54) is 5.56 Å². The molecule has 0 unspecified atom stereocenters. The number of anilines is 1. The number of hydrogen-bond acceptors (Lipinski definition) is 3. The van der Waals surface area contributed by atoms with Crippen LogP contribution in [0.25, 0.3) is 22.6 Å². The lowest BCUT2D eigenvalue weighted by Crippen LogP contribution is -2.26. The molecule has 0 saturated carbocycles. The Morgan fingerprint density at radius 3 is 2.69 bits per heavy atom. The number of amides is 1. The maximum absolute atomic E-state index is 11.8. The summed E-state index contributed by atoms with van der Waals surface area (Å²) in [6.45, 7) is 4.33. The van der Waals surface area contributed by atoms with Crippen LogP contribution in [-0.4, -0.2) is 14.7 Å². The maximum atomic E-state index is 11.8. The molecule has 7 heteroatoms. The molecule has 1 N–H and O–H groups in total. The summed E-state index contributed by atoms with van der Waals surface area (Å²) in [4.78, 5) is 16.4. The SMILES string of the molecule is CC[C@H](C)c1ccc2oc(-c3cccc(NC(=O)C(Cl)(Cl)Cl)c3)nc2c1. The van der Waals surface area contributed by atoms with Crippen LogP contribution in [-0.2, 0) is 4.79 Å². The van der Waals surface area contributed by atoms with Crippen LogP contribution in [0, 0.1) is 0 Å². The molecule has 4 nitrogen and oxygen atoms in total. The Labute approximate surface area is 166 Å². The summed E-state index contributed by atoms with van der Waals surface area (Å²) in [7, 11) is 0. The first kappa shape index (κ1) is 19.0. The molecule has 26 heavy (non-hydrogen) atoms. The number of fused-ring (bicyclic) bond motifs is 1. The second-order valence-electron chi connectivity index (χ2n) is 6.09. The second-order valence-corrected chi connectivity index (χ2v) is 8.37. The highest BCUT2D eigenvalue weighted by Crippen LogP contribution is 2.31. The van der Waals surface area contributed by atoms with Gasteiger partial charge in [0.2, 0.25) is 5.89 Å². The Morgan fingerprint density at radius 1 is 1.23 bits per heavy atom. The van der Waals surface area contributed by atoms with Gasteiger partial charge >= 0.3 is 0 Å². The first-order valence-corrected chi connectivity index (χ1v) is 9.30. The van der Waals surface area contributed by atoms with Crippen LogP contribution < -0.4 is 5.32 Å². The fourth-order valence-electron chi connectivity index (χ4n) is 2.54. The number of benzene rings is 2. The topological polar surface area (TPSA) is 55.1 Å². The van der Waals surface area contributed by atoms with Crippen LogP contribution in [0.15, 0.2) is 46.9 Å². The van der Waals surface area contributed by atoms with E-state index in [0.29, 0.717) is 28.6 Å². The van der Waals surface area contributed by atoms with E-state index in [1.807, 2.05) is 18.2 Å². The highest BCUT2D eigenvalue weighted by molar-refractivity contribution is 6.76. The van der Waals surface area contributed by atoms with E-state index < -0.39 is 9.70 Å². The van der Waals surface area contributed by atoms with E-state index in [1.54, 1.807) is 18.2 Å². The highest BCUT2D eigenvalue weighted by Gasteiger charge is 2.30. The van der Waals surface area contributed by atoms with Crippen molar-refractivity contribution in [2.45, 2.75) is 30.0 Å². The maximum Gasteiger partial charge on any atom is 0.276 e. The van der Waals surface area contributed by atoms with Gasteiger partial charge in [0.05, 0.1) is 0 Å². The summed E-state index contributed by atoms with van der Waals surface area (Å²) in [6.07, 6.45) is 1.06. The van der Waals surface area contributed by atoms with E-state index >= 15 is 0 Å². The molecule has 1 aromatic heterocycles. The van der Waals surface area contributed by atoms with Crippen molar-refractivity contribution in [3.63, 3.8) is 0 Å². The number of alkyl halides is 3. The summed E-state index contributed by atoms with van der Waals surface area (Å²) in [5.41, 5.74) is 3.94. The van der Waals surface area contributed by atoms with Gasteiger partial charge in [-0.3, -0.25) is 4.79 Å². The van der Waals surface area contributed by atoms with E-state index in [0.717, 1.165) is 11.9 Å². The molecule has 1 amide bonds. The molecule has 3 aromatic rings. The highest BCUT2D eigenvalue weighted by atomic mass is 35.6. The molecule has 1 atom stereocenters. The lowest BCUT2D eigenvalue weighted by Gasteiger charge is -2.11. The molecule has 0 aliphatic carbocycles. The van der Waals surface area contributed by atoms with Gasteiger partial charge in [0.25, 0.3) is 9.70 Å². The van der Waals surface area contributed by atoms with Gasteiger partial charge < -0.3 is 9.73 Å². The number of halogens is 3. The number of carbonyl (C=O) groups excluding carboxylic acids is 1. The molecular weight excluding hydrogens is 395 g/mol. The minimum Gasteiger partial charge on any atom is -0.436 e. The Balaban J connectivity index is 1.91. The molecule has 3 rings (SSSR count). The van der Waals surface area contributed by atoms with Crippen LogP contribution in [0.4, 0.5) is 5.69 Å². The summed E-state index contributed by atoms with van der Waals surface area (Å²) >= 11 is 16.8. The first-order chi connectivity index (χ1) is 12.3. The average Bonchev–Trinajstić information content (AvgIpc) is 3.03. The quantitative estimate of drug-likeness (QED) is 0.511. The van der Waals surface area contributed by atoms with E-state index in [9.17, 15) is 4.79 Å². The van der Waals surface area contributed by atoms with E-state index in [4.69, 9.17) is 39.2 Å². The zero-order valence-corrected chi connectivity index (χ0v) is 16.5. The molecule has 136 valence electrons. The molecule has 0 radical (unpaired) electrons. The summed E-state index contributed by atoms with van der Waals surface area (Å²) in [5, 5.41) is 2.55. The first-order valence-electron chi connectivity index (χ1n) is 8.17. The van der Waals surface area contributed by atoms with Crippen molar-refractivity contribution in [2.24, 2.45) is 0 Å². The van der Waals surface area contributed by atoms with Gasteiger partial charge in [0.15, 0.2) is 5.58 Å². The van der Waals surface area contributed by atoms with Crippen molar-refractivity contribution in [2.75, 3.05) is 5.32 Å². The van der Waals surface area contributed by atoms with Crippen LogP contribution in [0.1, 0.15) is 31.7 Å². The smallest absolute Gasteiger partial charge is 0.276 e. The van der Waals surface area contributed by atoms with Gasteiger partial charge in [-0.1, -0.05) is 60.8 Å². The Hall–Kier alpha value is -1.75. The number of aromatic nitrogens is 1. The summed E-state index contributed by atoms with van der Waals surface area (Å²) < 4.78 is 3.82. The second kappa shape index (κ2) is 7.47. The van der Waals surface area contributed by atoms with Gasteiger partial charge in [-0.2, -0.15) is 0 Å². The van der Waals surface area contributed by atoms with Crippen LogP contribution in [0.2, 0.25) is 0 Å². The van der Waals surface area contributed by atoms with Crippen LogP contribution in [0.5, 0.6) is 0 Å². The molecule has 2 aromatic carbocycles. The standard InChI is InChI=1S/C19H17Cl3N2O2/c1-3-11(2)12-7-8-16-15(10-12)24-17(26-16)13-5-4-6-14(9-13)23-18(25)19(20,21)22/h4-11H,3H2,1-2H3,(H,23,25)/t11-/m0/s1. The molecule has 0 aliphatic rings. The van der Waals surface area contributed by atoms with Gasteiger partial charge in [0.1, 0.15) is 5.52 Å². The number of hydrogen-bond donors (Lipinski definition) is 1. The number of nitrogens with one attached hydrogen (secondary N) is 1. The number of nitrogens with zero attached hydrogens (tertiary/aromatic N) is 1. The number of oxazole rings is 1. The van der Waals surface area contributed by atoms with Crippen molar-refractivity contribution in [3.8, 4) is 11.5 Å². The van der Waals surface area contributed by atoms with Gasteiger partial charge in [-0.25, -0.2) is 4.98 Å². The molecule has 0 saturated heterocycles. The largest absolute Gasteiger partial charge is 0.436 e. The van der Waals surface area contributed by atoms with Gasteiger partial charge in [-0.15, -0.1) is 0 Å². The molecule has 1 heterocycles. The third-order valence-corrected chi connectivity index (χ3v) is 4.73. The van der Waals surface area contributed by atoms with E-state index in [2.05, 4.69) is 30.2 Å². The van der Waals surface area contributed by atoms with Crippen molar-refractivity contribution < 1.29 is 9.21 Å². The van der Waals surface area contributed by atoms with Crippen molar-refractivity contribution in [1.29, 1.82) is 0 Å². The fourth-order valence-corrected chi connectivity index (χ4v) is 2.68. The molecule has 0 spiro atoms.